The van der Waals surface area contributed by atoms with Crippen LogP contribution in [0.3, 0.4) is 0 Å². The van der Waals surface area contributed by atoms with Crippen molar-refractivity contribution in [2.24, 2.45) is 0 Å². The van der Waals surface area contributed by atoms with Crippen molar-refractivity contribution in [3.63, 3.8) is 0 Å². The molecule has 0 saturated carbocycles. The van der Waals surface area contributed by atoms with Gasteiger partial charge in [0.2, 0.25) is 5.91 Å². The molecule has 1 amide bonds. The van der Waals surface area contributed by atoms with Crippen LogP contribution in [0.15, 0.2) is 47.4 Å². The zero-order chi connectivity index (χ0) is 16.1. The third kappa shape index (κ3) is 4.42. The number of halogens is 1. The molecule has 1 atom stereocenters. The Kier molecular flexibility index (Phi) is 5.75. The first-order valence-electron chi connectivity index (χ1n) is 6.87. The molecule has 0 aromatic heterocycles. The van der Waals surface area contributed by atoms with E-state index in [9.17, 15) is 4.79 Å². The van der Waals surface area contributed by atoms with Gasteiger partial charge in [0.15, 0.2) is 0 Å². The highest BCUT2D eigenvalue weighted by Gasteiger charge is 2.16. The first-order chi connectivity index (χ1) is 10.5. The third-order valence-electron chi connectivity index (χ3n) is 3.12. The van der Waals surface area contributed by atoms with E-state index in [4.69, 9.17) is 16.3 Å². The summed E-state index contributed by atoms with van der Waals surface area (Å²) < 4.78 is 5.23. The summed E-state index contributed by atoms with van der Waals surface area (Å²) in [5.41, 5.74) is 1.78. The maximum absolute atomic E-state index is 12.3. The first-order valence-corrected chi connectivity index (χ1v) is 8.13. The van der Waals surface area contributed by atoms with Gasteiger partial charge in [-0.05, 0) is 44.2 Å². The normalized spacial score (nSPS) is 11.8. The minimum Gasteiger partial charge on any atom is -0.495 e. The molecule has 0 radical (unpaired) electrons. The van der Waals surface area contributed by atoms with Crippen molar-refractivity contribution in [1.82, 2.24) is 0 Å². The number of rotatable bonds is 5. The highest BCUT2D eigenvalue weighted by molar-refractivity contribution is 8.00. The fourth-order valence-corrected chi connectivity index (χ4v) is 2.93. The van der Waals surface area contributed by atoms with Gasteiger partial charge in [-0.15, -0.1) is 11.8 Å². The van der Waals surface area contributed by atoms with Crippen LogP contribution in [0.1, 0.15) is 12.5 Å². The predicted octanol–water partition coefficient (Wildman–Crippen LogP) is 4.78. The molecule has 0 bridgehead atoms. The molecule has 1 N–H and O–H groups in total. The van der Waals surface area contributed by atoms with Crippen molar-refractivity contribution in [3.05, 3.63) is 53.1 Å². The molecule has 2 aromatic carbocycles. The van der Waals surface area contributed by atoms with Gasteiger partial charge in [-0.2, -0.15) is 0 Å². The Labute approximate surface area is 140 Å². The maximum Gasteiger partial charge on any atom is 0.237 e. The van der Waals surface area contributed by atoms with Crippen molar-refractivity contribution in [2.45, 2.75) is 24.0 Å². The summed E-state index contributed by atoms with van der Waals surface area (Å²) in [5, 5.41) is 3.19. The lowest BCUT2D eigenvalue weighted by molar-refractivity contribution is -0.115. The van der Waals surface area contributed by atoms with Crippen LogP contribution in [0.25, 0.3) is 0 Å². The minimum atomic E-state index is -0.230. The van der Waals surface area contributed by atoms with Gasteiger partial charge in [-0.1, -0.05) is 29.3 Å². The quantitative estimate of drug-likeness (QED) is 0.799. The van der Waals surface area contributed by atoms with E-state index < -0.39 is 0 Å². The predicted molar refractivity (Wildman–Crippen MR) is 93.1 cm³/mol. The second-order valence-corrected chi connectivity index (χ2v) is 6.76. The van der Waals surface area contributed by atoms with Gasteiger partial charge in [0.25, 0.3) is 0 Å². The average Bonchev–Trinajstić information content (AvgIpc) is 2.49. The van der Waals surface area contributed by atoms with E-state index in [2.05, 4.69) is 5.32 Å². The molecular formula is C17H18ClNO2S. The lowest BCUT2D eigenvalue weighted by atomic mass is 10.2. The number of benzene rings is 2. The Morgan fingerprint density at radius 3 is 2.55 bits per heavy atom. The fraction of sp³-hybridized carbons (Fsp3) is 0.235. The van der Waals surface area contributed by atoms with Crippen molar-refractivity contribution >= 4 is 35.0 Å². The largest absolute Gasteiger partial charge is 0.495 e. The van der Waals surface area contributed by atoms with Gasteiger partial charge < -0.3 is 10.1 Å². The molecule has 0 heterocycles. The number of carbonyl (C=O) groups is 1. The molecule has 0 fully saturated rings. The van der Waals surface area contributed by atoms with Crippen LogP contribution in [0.4, 0.5) is 5.69 Å². The van der Waals surface area contributed by atoms with E-state index in [1.165, 1.54) is 17.3 Å². The molecule has 116 valence electrons. The Morgan fingerprint density at radius 1 is 1.23 bits per heavy atom. The smallest absolute Gasteiger partial charge is 0.237 e. The van der Waals surface area contributed by atoms with E-state index in [0.717, 1.165) is 4.90 Å². The summed E-state index contributed by atoms with van der Waals surface area (Å²) in [6.45, 7) is 3.91. The lowest BCUT2D eigenvalue weighted by Crippen LogP contribution is -2.22. The third-order valence-corrected chi connectivity index (χ3v) is 4.47. The number of carbonyl (C=O) groups excluding carboxylic acids is 1. The number of aryl methyl sites for hydroxylation is 1. The minimum absolute atomic E-state index is 0.0915. The van der Waals surface area contributed by atoms with Crippen LogP contribution in [0.2, 0.25) is 5.02 Å². The molecule has 2 rings (SSSR count). The molecule has 3 nitrogen and oxygen atoms in total. The van der Waals surface area contributed by atoms with Crippen LogP contribution in [0, 0.1) is 6.92 Å². The Balaban J connectivity index is 2.05. The van der Waals surface area contributed by atoms with Crippen LogP contribution < -0.4 is 10.1 Å². The van der Waals surface area contributed by atoms with Gasteiger partial charge >= 0.3 is 0 Å². The van der Waals surface area contributed by atoms with E-state index >= 15 is 0 Å². The summed E-state index contributed by atoms with van der Waals surface area (Å²) >= 11 is 7.48. The molecule has 0 unspecified atom stereocenters. The van der Waals surface area contributed by atoms with E-state index in [-0.39, 0.29) is 11.2 Å². The topological polar surface area (TPSA) is 38.3 Å². The van der Waals surface area contributed by atoms with Crippen molar-refractivity contribution in [1.29, 1.82) is 0 Å². The van der Waals surface area contributed by atoms with Crippen LogP contribution >= 0.6 is 23.4 Å². The fourth-order valence-electron chi connectivity index (χ4n) is 1.89. The molecule has 0 aliphatic heterocycles. The summed E-state index contributed by atoms with van der Waals surface area (Å²) in [4.78, 5) is 13.4. The molecule has 5 heteroatoms. The number of ether oxygens (including phenoxy) is 1. The number of hydrogen-bond acceptors (Lipinski definition) is 3. The molecule has 22 heavy (non-hydrogen) atoms. The number of amides is 1. The number of nitrogens with one attached hydrogen (secondary N) is 1. The maximum atomic E-state index is 12.3. The van der Waals surface area contributed by atoms with Gasteiger partial charge in [0, 0.05) is 9.92 Å². The number of anilines is 1. The number of methoxy groups -OCH3 is 1. The Morgan fingerprint density at radius 2 is 1.91 bits per heavy atom. The summed E-state index contributed by atoms with van der Waals surface area (Å²) in [6, 6.07) is 13.2. The standard InChI is InChI=1S/C17H18ClNO2S/c1-11-4-7-14(8-5-11)22-12(2)17(20)19-15-10-13(18)6-9-16(15)21-3/h4-10,12H,1-3H3,(H,19,20)/t12-/m1/s1. The molecule has 0 aliphatic rings. The zero-order valence-electron chi connectivity index (χ0n) is 12.7. The molecular weight excluding hydrogens is 318 g/mol. The highest BCUT2D eigenvalue weighted by atomic mass is 35.5. The summed E-state index contributed by atoms with van der Waals surface area (Å²) in [7, 11) is 1.56. The molecule has 0 spiro atoms. The van der Waals surface area contributed by atoms with Crippen LogP contribution in [0.5, 0.6) is 5.75 Å². The van der Waals surface area contributed by atoms with Crippen molar-refractivity contribution in [2.75, 3.05) is 12.4 Å². The monoisotopic (exact) mass is 335 g/mol. The zero-order valence-corrected chi connectivity index (χ0v) is 14.3. The summed E-state index contributed by atoms with van der Waals surface area (Å²) in [6.07, 6.45) is 0. The lowest BCUT2D eigenvalue weighted by Gasteiger charge is -2.14. The van der Waals surface area contributed by atoms with E-state index in [1.54, 1.807) is 25.3 Å². The highest BCUT2D eigenvalue weighted by Crippen LogP contribution is 2.29. The Bertz CT molecular complexity index is 658. The molecule has 0 aliphatic carbocycles. The van der Waals surface area contributed by atoms with E-state index in [1.807, 2.05) is 38.1 Å². The second-order valence-electron chi connectivity index (χ2n) is 4.91. The molecule has 2 aromatic rings. The van der Waals surface area contributed by atoms with Crippen LogP contribution in [-0.4, -0.2) is 18.3 Å². The van der Waals surface area contributed by atoms with Gasteiger partial charge in [-0.25, -0.2) is 0 Å². The van der Waals surface area contributed by atoms with E-state index in [0.29, 0.717) is 16.5 Å². The van der Waals surface area contributed by atoms with Gasteiger partial charge in [-0.3, -0.25) is 4.79 Å². The number of hydrogen-bond donors (Lipinski definition) is 1. The summed E-state index contributed by atoms with van der Waals surface area (Å²) in [5.74, 6) is 0.497. The van der Waals surface area contributed by atoms with Gasteiger partial charge in [0.1, 0.15) is 5.75 Å². The SMILES string of the molecule is COc1ccc(Cl)cc1NC(=O)[C@@H](C)Sc1ccc(C)cc1. The second kappa shape index (κ2) is 7.56. The molecule has 0 saturated heterocycles. The Hall–Kier alpha value is -1.65. The first kappa shape index (κ1) is 16.7. The number of thioether (sulfide) groups is 1. The van der Waals surface area contributed by atoms with Crippen molar-refractivity contribution in [3.8, 4) is 5.75 Å². The van der Waals surface area contributed by atoms with Crippen LogP contribution in [-0.2, 0) is 4.79 Å². The average molecular weight is 336 g/mol. The van der Waals surface area contributed by atoms with Gasteiger partial charge in [0.05, 0.1) is 18.0 Å². The van der Waals surface area contributed by atoms with Crippen molar-refractivity contribution < 1.29 is 9.53 Å².